The molecule has 0 saturated heterocycles. The lowest BCUT2D eigenvalue weighted by Gasteiger charge is -2.29. The van der Waals surface area contributed by atoms with Gasteiger partial charge in [-0.05, 0) is 57.7 Å². The average Bonchev–Trinajstić information content (AvgIpc) is 2.42. The van der Waals surface area contributed by atoms with Crippen LogP contribution in [0.5, 0.6) is 5.75 Å². The summed E-state index contributed by atoms with van der Waals surface area (Å²) in [6, 6.07) is 10.8. The van der Waals surface area contributed by atoms with Crippen LogP contribution >= 0.6 is 0 Å². The number of benzene rings is 1. The van der Waals surface area contributed by atoms with Gasteiger partial charge in [0.25, 0.3) is 0 Å². The Morgan fingerprint density at radius 3 is 2.70 bits per heavy atom. The van der Waals surface area contributed by atoms with E-state index in [2.05, 4.69) is 45.1 Å². The number of nitrogens with zero attached hydrogens (tertiary/aromatic N) is 1. The molecule has 20 heavy (non-hydrogen) atoms. The first-order valence-corrected chi connectivity index (χ1v) is 7.40. The first-order valence-electron chi connectivity index (χ1n) is 7.40. The second kappa shape index (κ2) is 7.91. The molecular weight excluding hydrogens is 248 g/mol. The molecule has 1 N–H and O–H groups in total. The zero-order chi connectivity index (χ0) is 15.0. The Balaban J connectivity index is 2.43. The summed E-state index contributed by atoms with van der Waals surface area (Å²) in [5.41, 5.74) is 0.772. The Bertz CT molecular complexity index is 451. The maximum absolute atomic E-state index is 9.42. The van der Waals surface area contributed by atoms with E-state index in [0.717, 1.165) is 25.0 Å². The number of ether oxygens (including phenoxy) is 1. The molecule has 1 aromatic carbocycles. The minimum atomic E-state index is -0.426. The molecule has 0 saturated carbocycles. The van der Waals surface area contributed by atoms with Crippen LogP contribution in [0, 0.1) is 18.3 Å². The summed E-state index contributed by atoms with van der Waals surface area (Å²) in [5.74, 6) is 0.904. The Labute approximate surface area is 123 Å². The van der Waals surface area contributed by atoms with Gasteiger partial charge < -0.3 is 4.74 Å². The highest BCUT2D eigenvalue weighted by Gasteiger charge is 2.27. The molecule has 0 amide bonds. The second-order valence-corrected chi connectivity index (χ2v) is 5.62. The summed E-state index contributed by atoms with van der Waals surface area (Å²) in [6.45, 7) is 8.90. The molecule has 0 bridgehead atoms. The van der Waals surface area contributed by atoms with E-state index < -0.39 is 5.54 Å². The molecule has 0 aliphatic rings. The van der Waals surface area contributed by atoms with Crippen molar-refractivity contribution in [2.24, 2.45) is 0 Å². The summed E-state index contributed by atoms with van der Waals surface area (Å²) in [7, 11) is 0. The summed E-state index contributed by atoms with van der Waals surface area (Å²) in [4.78, 5) is 0. The maximum atomic E-state index is 9.42. The van der Waals surface area contributed by atoms with Gasteiger partial charge in [-0.15, -0.1) is 0 Å². The Morgan fingerprint density at radius 2 is 2.15 bits per heavy atom. The van der Waals surface area contributed by atoms with Crippen LogP contribution in [-0.2, 0) is 0 Å². The van der Waals surface area contributed by atoms with Gasteiger partial charge in [-0.2, -0.15) is 5.26 Å². The van der Waals surface area contributed by atoms with Crippen molar-refractivity contribution >= 4 is 0 Å². The molecule has 3 heteroatoms. The summed E-state index contributed by atoms with van der Waals surface area (Å²) >= 11 is 0. The van der Waals surface area contributed by atoms with Crippen LogP contribution < -0.4 is 10.1 Å². The van der Waals surface area contributed by atoms with Gasteiger partial charge in [0.2, 0.25) is 0 Å². The SMILES string of the molecule is CCC(C#N)(CCCOc1cccc(C)c1)NC(C)C. The highest BCUT2D eigenvalue weighted by atomic mass is 16.5. The van der Waals surface area contributed by atoms with E-state index in [0.29, 0.717) is 12.6 Å². The average molecular weight is 274 g/mol. The van der Waals surface area contributed by atoms with Crippen molar-refractivity contribution in [1.29, 1.82) is 5.26 Å². The van der Waals surface area contributed by atoms with Crippen molar-refractivity contribution < 1.29 is 4.74 Å². The van der Waals surface area contributed by atoms with Gasteiger partial charge in [0.05, 0.1) is 12.7 Å². The Morgan fingerprint density at radius 1 is 1.40 bits per heavy atom. The van der Waals surface area contributed by atoms with Crippen LogP contribution in [0.4, 0.5) is 0 Å². The van der Waals surface area contributed by atoms with Crippen LogP contribution in [0.25, 0.3) is 0 Å². The standard InChI is InChI=1S/C17H26N2O/c1-5-17(13-18,19-14(2)3)10-7-11-20-16-9-6-8-15(4)12-16/h6,8-9,12,14,19H,5,7,10-11H2,1-4H3. The fourth-order valence-electron chi connectivity index (χ4n) is 2.34. The number of aryl methyl sites for hydroxylation is 1. The third kappa shape index (κ3) is 5.22. The van der Waals surface area contributed by atoms with Crippen molar-refractivity contribution in [3.05, 3.63) is 29.8 Å². The first-order chi connectivity index (χ1) is 9.51. The zero-order valence-electron chi connectivity index (χ0n) is 13.1. The molecule has 0 spiro atoms. The van der Waals surface area contributed by atoms with E-state index in [4.69, 9.17) is 4.74 Å². The van der Waals surface area contributed by atoms with Crippen LogP contribution in [0.15, 0.2) is 24.3 Å². The fraction of sp³-hybridized carbons (Fsp3) is 0.588. The van der Waals surface area contributed by atoms with Crippen molar-refractivity contribution in [3.63, 3.8) is 0 Å². The topological polar surface area (TPSA) is 45.0 Å². The summed E-state index contributed by atoms with van der Waals surface area (Å²) in [5, 5.41) is 12.8. The molecule has 110 valence electrons. The van der Waals surface area contributed by atoms with Crippen molar-refractivity contribution in [2.75, 3.05) is 6.61 Å². The van der Waals surface area contributed by atoms with Crippen LogP contribution in [-0.4, -0.2) is 18.2 Å². The predicted octanol–water partition coefficient (Wildman–Crippen LogP) is 3.82. The molecule has 1 unspecified atom stereocenters. The molecular formula is C17H26N2O. The third-order valence-corrected chi connectivity index (χ3v) is 3.39. The smallest absolute Gasteiger partial charge is 0.119 e. The van der Waals surface area contributed by atoms with Gasteiger partial charge in [0.15, 0.2) is 0 Å². The molecule has 0 aromatic heterocycles. The van der Waals surface area contributed by atoms with Gasteiger partial charge in [-0.1, -0.05) is 19.1 Å². The van der Waals surface area contributed by atoms with Gasteiger partial charge in [0, 0.05) is 6.04 Å². The lowest BCUT2D eigenvalue weighted by Crippen LogP contribution is -2.47. The minimum absolute atomic E-state index is 0.312. The number of nitrogens with one attached hydrogen (secondary N) is 1. The zero-order valence-corrected chi connectivity index (χ0v) is 13.1. The Hall–Kier alpha value is -1.53. The molecule has 0 heterocycles. The van der Waals surface area contributed by atoms with Crippen LogP contribution in [0.3, 0.4) is 0 Å². The molecule has 0 aliphatic heterocycles. The fourth-order valence-corrected chi connectivity index (χ4v) is 2.34. The highest BCUT2D eigenvalue weighted by Crippen LogP contribution is 2.19. The number of hydrogen-bond donors (Lipinski definition) is 1. The molecule has 0 fully saturated rings. The first kappa shape index (κ1) is 16.5. The molecule has 0 aliphatic carbocycles. The van der Waals surface area contributed by atoms with Crippen molar-refractivity contribution in [3.8, 4) is 11.8 Å². The van der Waals surface area contributed by atoms with E-state index in [9.17, 15) is 5.26 Å². The number of hydrogen-bond acceptors (Lipinski definition) is 3. The highest BCUT2D eigenvalue weighted by molar-refractivity contribution is 5.27. The second-order valence-electron chi connectivity index (χ2n) is 5.62. The van der Waals surface area contributed by atoms with E-state index >= 15 is 0 Å². The molecule has 0 radical (unpaired) electrons. The van der Waals surface area contributed by atoms with E-state index in [1.807, 2.05) is 18.2 Å². The normalized spacial score (nSPS) is 13.8. The largest absolute Gasteiger partial charge is 0.494 e. The van der Waals surface area contributed by atoms with Crippen molar-refractivity contribution in [2.45, 2.75) is 58.5 Å². The van der Waals surface area contributed by atoms with Gasteiger partial charge in [-0.3, -0.25) is 5.32 Å². The minimum Gasteiger partial charge on any atom is -0.494 e. The monoisotopic (exact) mass is 274 g/mol. The Kier molecular flexibility index (Phi) is 6.54. The van der Waals surface area contributed by atoms with Gasteiger partial charge >= 0.3 is 0 Å². The predicted molar refractivity (Wildman–Crippen MR) is 82.8 cm³/mol. The molecule has 1 atom stereocenters. The molecule has 3 nitrogen and oxygen atoms in total. The quantitative estimate of drug-likeness (QED) is 0.733. The molecule has 1 aromatic rings. The lowest BCUT2D eigenvalue weighted by atomic mass is 9.91. The summed E-state index contributed by atoms with van der Waals surface area (Å²) < 4.78 is 5.74. The van der Waals surface area contributed by atoms with E-state index in [1.165, 1.54) is 5.56 Å². The van der Waals surface area contributed by atoms with Crippen LogP contribution in [0.2, 0.25) is 0 Å². The number of rotatable bonds is 8. The van der Waals surface area contributed by atoms with Crippen LogP contribution in [0.1, 0.15) is 45.6 Å². The lowest BCUT2D eigenvalue weighted by molar-refractivity contribution is 0.269. The van der Waals surface area contributed by atoms with Gasteiger partial charge in [0.1, 0.15) is 11.3 Å². The summed E-state index contributed by atoms with van der Waals surface area (Å²) in [6.07, 6.45) is 2.49. The van der Waals surface area contributed by atoms with Crippen molar-refractivity contribution in [1.82, 2.24) is 5.32 Å². The van der Waals surface area contributed by atoms with E-state index in [-0.39, 0.29) is 0 Å². The van der Waals surface area contributed by atoms with E-state index in [1.54, 1.807) is 0 Å². The van der Waals surface area contributed by atoms with Gasteiger partial charge in [-0.25, -0.2) is 0 Å². The third-order valence-electron chi connectivity index (χ3n) is 3.39. The maximum Gasteiger partial charge on any atom is 0.119 e. The molecule has 1 rings (SSSR count). The number of nitriles is 1.